The fourth-order valence-electron chi connectivity index (χ4n) is 4.72. The summed E-state index contributed by atoms with van der Waals surface area (Å²) < 4.78 is 108. The molecular weight excluding hydrogens is 611 g/mol. The van der Waals surface area contributed by atoms with Crippen LogP contribution in [0.15, 0.2) is 77.9 Å². The Bertz CT molecular complexity index is 1690. The van der Waals surface area contributed by atoms with Crippen LogP contribution in [0, 0.1) is 11.6 Å². The molecule has 3 aromatic carbocycles. The van der Waals surface area contributed by atoms with Crippen LogP contribution in [0.5, 0.6) is 11.5 Å². The molecule has 45 heavy (non-hydrogen) atoms. The minimum absolute atomic E-state index is 0.0543. The molecule has 15 heteroatoms. The lowest BCUT2D eigenvalue weighted by molar-refractivity contribution is -0.301. The normalized spacial score (nSPS) is 16.6. The van der Waals surface area contributed by atoms with Crippen LogP contribution < -0.4 is 20.2 Å². The Morgan fingerprint density at radius 2 is 1.69 bits per heavy atom. The summed E-state index contributed by atoms with van der Waals surface area (Å²) in [4.78, 5) is 12.8. The van der Waals surface area contributed by atoms with Gasteiger partial charge in [0.25, 0.3) is 5.91 Å². The van der Waals surface area contributed by atoms with E-state index in [0.717, 1.165) is 18.2 Å². The summed E-state index contributed by atoms with van der Waals surface area (Å²) in [6.45, 7) is 0.0543. The number of nitrogens with zero attached hydrogens (tertiary/aromatic N) is 3. The van der Waals surface area contributed by atoms with E-state index in [9.17, 15) is 35.5 Å². The van der Waals surface area contributed by atoms with E-state index < -0.39 is 53.8 Å². The van der Waals surface area contributed by atoms with Crippen LogP contribution in [-0.2, 0) is 6.61 Å². The van der Waals surface area contributed by atoms with Gasteiger partial charge in [-0.1, -0.05) is 12.1 Å². The second kappa shape index (κ2) is 12.5. The van der Waals surface area contributed by atoms with Crippen LogP contribution in [0.4, 0.5) is 36.6 Å². The van der Waals surface area contributed by atoms with Crippen LogP contribution >= 0.6 is 0 Å². The topological polar surface area (TPSA) is 89.8 Å². The number of nitrogens with one attached hydrogen (secondary N) is 2. The standard InChI is InChI=1S/C30H24F7N5O3/c1-44-25-11-2-17(12-19(25)16-45-22-9-7-21(32)8-10-22)15-38-40-28(43)24-14-27-39-23(18-3-5-20(31)6-4-18)13-26(42(27)41-24)29(33,34)30(35,36)37/h2-12,14-15,23,26,39H,13,16H2,1H3,(H,40,43)/b38-15+. The highest BCUT2D eigenvalue weighted by Crippen LogP contribution is 2.50. The van der Waals surface area contributed by atoms with Crippen LogP contribution in [0.2, 0.25) is 0 Å². The number of hydrogen-bond acceptors (Lipinski definition) is 6. The predicted octanol–water partition coefficient (Wildman–Crippen LogP) is 6.81. The van der Waals surface area contributed by atoms with Crippen LogP contribution in [0.1, 0.15) is 45.7 Å². The quantitative estimate of drug-likeness (QED) is 0.120. The molecule has 0 fully saturated rings. The zero-order valence-corrected chi connectivity index (χ0v) is 23.3. The summed E-state index contributed by atoms with van der Waals surface area (Å²) in [5.41, 5.74) is 3.06. The van der Waals surface area contributed by atoms with E-state index in [-0.39, 0.29) is 18.0 Å². The van der Waals surface area contributed by atoms with Crippen molar-refractivity contribution in [3.05, 3.63) is 107 Å². The molecule has 1 aliphatic rings. The summed E-state index contributed by atoms with van der Waals surface area (Å²) in [5.74, 6) is -6.57. The van der Waals surface area contributed by atoms with Gasteiger partial charge in [-0.3, -0.25) is 4.79 Å². The maximum atomic E-state index is 14.7. The fourth-order valence-corrected chi connectivity index (χ4v) is 4.72. The van der Waals surface area contributed by atoms with Gasteiger partial charge in [0.2, 0.25) is 0 Å². The molecule has 0 spiro atoms. The Morgan fingerprint density at radius 1 is 1.02 bits per heavy atom. The fraction of sp³-hybridized carbons (Fsp3) is 0.233. The highest BCUT2D eigenvalue weighted by atomic mass is 19.4. The van der Waals surface area contributed by atoms with Crippen molar-refractivity contribution < 1.29 is 45.0 Å². The van der Waals surface area contributed by atoms with E-state index in [1.807, 2.05) is 0 Å². The lowest BCUT2D eigenvalue weighted by Crippen LogP contribution is -2.47. The van der Waals surface area contributed by atoms with Gasteiger partial charge >= 0.3 is 12.1 Å². The molecule has 4 aromatic rings. The second-order valence-corrected chi connectivity index (χ2v) is 9.99. The Balaban J connectivity index is 1.33. The van der Waals surface area contributed by atoms with Crippen molar-refractivity contribution in [1.82, 2.24) is 15.2 Å². The highest BCUT2D eigenvalue weighted by molar-refractivity contribution is 5.94. The van der Waals surface area contributed by atoms with Crippen LogP contribution in [-0.4, -0.2) is 41.1 Å². The summed E-state index contributed by atoms with van der Waals surface area (Å²) in [7, 11) is 1.46. The van der Waals surface area contributed by atoms with Crippen molar-refractivity contribution in [1.29, 1.82) is 0 Å². The SMILES string of the molecule is COc1ccc(/C=N/NC(=O)c2cc3n(n2)C(C(F)(F)C(F)(F)F)CC(c2ccc(F)cc2)N3)cc1COc1ccc(F)cc1. The molecule has 1 amide bonds. The van der Waals surface area contributed by atoms with Crippen molar-refractivity contribution in [3.63, 3.8) is 0 Å². The second-order valence-electron chi connectivity index (χ2n) is 9.99. The first-order chi connectivity index (χ1) is 21.4. The minimum Gasteiger partial charge on any atom is -0.496 e. The van der Waals surface area contributed by atoms with Gasteiger partial charge in [-0.2, -0.15) is 32.2 Å². The van der Waals surface area contributed by atoms with E-state index in [2.05, 4.69) is 20.9 Å². The highest BCUT2D eigenvalue weighted by Gasteiger charge is 2.64. The number of carbonyl (C=O) groups excluding carboxylic acids is 1. The Kier molecular flexibility index (Phi) is 8.71. The smallest absolute Gasteiger partial charge is 0.455 e. The van der Waals surface area contributed by atoms with Crippen molar-refractivity contribution >= 4 is 17.9 Å². The third-order valence-corrected chi connectivity index (χ3v) is 7.01. The molecule has 1 aliphatic heterocycles. The number of methoxy groups -OCH3 is 1. The summed E-state index contributed by atoms with van der Waals surface area (Å²) in [6, 6.07) is 12.4. The van der Waals surface area contributed by atoms with Gasteiger partial charge in [0.05, 0.1) is 19.4 Å². The van der Waals surface area contributed by atoms with Crippen molar-refractivity contribution in [3.8, 4) is 11.5 Å². The predicted molar refractivity (Wildman–Crippen MR) is 148 cm³/mol. The summed E-state index contributed by atoms with van der Waals surface area (Å²) >= 11 is 0. The molecule has 236 valence electrons. The van der Waals surface area contributed by atoms with Gasteiger partial charge < -0.3 is 14.8 Å². The number of anilines is 1. The number of amides is 1. The van der Waals surface area contributed by atoms with Gasteiger partial charge in [0, 0.05) is 18.1 Å². The molecule has 2 N–H and O–H groups in total. The third-order valence-electron chi connectivity index (χ3n) is 7.01. The number of benzene rings is 3. The zero-order chi connectivity index (χ0) is 32.4. The molecule has 2 heterocycles. The van der Waals surface area contributed by atoms with Gasteiger partial charge in [0.1, 0.15) is 41.6 Å². The number of alkyl halides is 5. The first kappa shape index (κ1) is 31.3. The number of rotatable bonds is 9. The van der Waals surface area contributed by atoms with Gasteiger partial charge in [-0.15, -0.1) is 0 Å². The van der Waals surface area contributed by atoms with E-state index in [0.29, 0.717) is 27.3 Å². The average Bonchev–Trinajstić information content (AvgIpc) is 3.44. The molecule has 0 aliphatic carbocycles. The van der Waals surface area contributed by atoms with E-state index >= 15 is 0 Å². The number of ether oxygens (including phenoxy) is 2. The molecular formula is C30H24F7N5O3. The number of hydrogen-bond donors (Lipinski definition) is 2. The first-order valence-electron chi connectivity index (χ1n) is 13.3. The zero-order valence-electron chi connectivity index (χ0n) is 23.3. The van der Waals surface area contributed by atoms with Crippen LogP contribution in [0.25, 0.3) is 0 Å². The number of hydrazone groups is 1. The summed E-state index contributed by atoms with van der Waals surface area (Å²) in [6.07, 6.45) is -5.39. The molecule has 2 atom stereocenters. The molecule has 0 saturated heterocycles. The lowest BCUT2D eigenvalue weighted by Gasteiger charge is -2.37. The Morgan fingerprint density at radius 3 is 2.33 bits per heavy atom. The summed E-state index contributed by atoms with van der Waals surface area (Å²) in [5, 5.41) is 10.4. The monoisotopic (exact) mass is 635 g/mol. The Labute approximate surface area is 251 Å². The van der Waals surface area contributed by atoms with Crippen molar-refractivity contribution in [2.24, 2.45) is 5.10 Å². The number of fused-ring (bicyclic) bond motifs is 1. The molecule has 0 bridgehead atoms. The molecule has 0 saturated carbocycles. The van der Waals surface area contributed by atoms with E-state index in [1.54, 1.807) is 18.2 Å². The Hall–Kier alpha value is -5.08. The van der Waals surface area contributed by atoms with E-state index in [4.69, 9.17) is 9.47 Å². The maximum Gasteiger partial charge on any atom is 0.455 e. The van der Waals surface area contributed by atoms with Gasteiger partial charge in [-0.05, 0) is 65.7 Å². The first-order valence-corrected chi connectivity index (χ1v) is 13.3. The number of carbonyl (C=O) groups is 1. The number of aromatic nitrogens is 2. The van der Waals surface area contributed by atoms with Crippen molar-refractivity contribution in [2.45, 2.75) is 37.2 Å². The maximum absolute atomic E-state index is 14.7. The van der Waals surface area contributed by atoms with Gasteiger partial charge in [-0.25, -0.2) is 18.9 Å². The molecule has 5 rings (SSSR count). The molecule has 2 unspecified atom stereocenters. The van der Waals surface area contributed by atoms with E-state index in [1.165, 1.54) is 49.7 Å². The molecule has 1 aromatic heterocycles. The van der Waals surface area contributed by atoms with Gasteiger partial charge in [0.15, 0.2) is 5.69 Å². The third kappa shape index (κ3) is 6.86. The van der Waals surface area contributed by atoms with Crippen LogP contribution in [0.3, 0.4) is 0 Å². The molecule has 0 radical (unpaired) electrons. The number of halogens is 7. The minimum atomic E-state index is -5.90. The lowest BCUT2D eigenvalue weighted by atomic mass is 9.93. The van der Waals surface area contributed by atoms with Crippen molar-refractivity contribution in [2.75, 3.05) is 12.4 Å². The average molecular weight is 636 g/mol. The molecule has 8 nitrogen and oxygen atoms in total. The largest absolute Gasteiger partial charge is 0.496 e.